The van der Waals surface area contributed by atoms with E-state index in [0.717, 1.165) is 11.3 Å². The molecule has 0 bridgehead atoms. The first-order valence-electron chi connectivity index (χ1n) is 7.09. The maximum Gasteiger partial charge on any atom is 0.269 e. The van der Waals surface area contributed by atoms with Crippen molar-refractivity contribution in [1.29, 1.82) is 0 Å². The van der Waals surface area contributed by atoms with Crippen molar-refractivity contribution >= 4 is 24.7 Å². The van der Waals surface area contributed by atoms with Crippen molar-refractivity contribution < 1.29 is 19.0 Å². The Morgan fingerprint density at radius 1 is 1.43 bits per heavy atom. The molecule has 1 aromatic carbocycles. The van der Waals surface area contributed by atoms with Crippen LogP contribution in [-0.4, -0.2) is 29.8 Å². The van der Waals surface area contributed by atoms with Crippen molar-refractivity contribution in [3.63, 3.8) is 0 Å². The van der Waals surface area contributed by atoms with E-state index in [4.69, 9.17) is 4.74 Å². The topological polar surface area (TPSA) is 78.2 Å². The fourth-order valence-corrected chi connectivity index (χ4v) is 2.39. The molecule has 1 atom stereocenters. The third kappa shape index (κ3) is 3.97. The molecule has 0 spiro atoms. The monoisotopic (exact) mass is 315 g/mol. The van der Waals surface area contributed by atoms with Crippen LogP contribution in [0.15, 0.2) is 36.7 Å². The molecule has 2 radical (unpaired) electrons. The van der Waals surface area contributed by atoms with Gasteiger partial charge in [0.2, 0.25) is 0 Å². The van der Waals surface area contributed by atoms with Gasteiger partial charge in [0, 0.05) is 17.9 Å². The number of aromatic nitrogens is 2. The molecule has 23 heavy (non-hydrogen) atoms. The van der Waals surface area contributed by atoms with Gasteiger partial charge in [-0.15, -0.1) is 5.82 Å². The third-order valence-electron chi connectivity index (χ3n) is 3.69. The van der Waals surface area contributed by atoms with Crippen molar-refractivity contribution in [2.75, 3.05) is 7.11 Å². The molecule has 120 valence electrons. The molecule has 0 saturated heterocycles. The van der Waals surface area contributed by atoms with Gasteiger partial charge in [0.05, 0.1) is 26.1 Å². The Balaban J connectivity index is 2.19. The number of nitro benzene ring substituents is 1. The van der Waals surface area contributed by atoms with Gasteiger partial charge in [-0.1, -0.05) is 24.1 Å². The maximum atomic E-state index is 12.1. The molecule has 0 saturated carbocycles. The Bertz CT molecular complexity index is 693. The SMILES string of the molecule is COC(=O)C([B-]c1n(C)cc[n+]1C)Cc1ccc([N+](=O)[O-])cc1. The summed E-state index contributed by atoms with van der Waals surface area (Å²) in [6.07, 6.45) is 4.20. The first-order chi connectivity index (χ1) is 10.9. The normalized spacial score (nSPS) is 12.0. The number of carbonyl (C=O) groups is 1. The summed E-state index contributed by atoms with van der Waals surface area (Å²) >= 11 is 0. The first-order valence-corrected chi connectivity index (χ1v) is 7.09. The van der Waals surface area contributed by atoms with Crippen LogP contribution in [0.4, 0.5) is 5.69 Å². The lowest BCUT2D eigenvalue weighted by Gasteiger charge is -2.24. The van der Waals surface area contributed by atoms with Crippen molar-refractivity contribution in [3.8, 4) is 0 Å². The molecule has 7 nitrogen and oxygen atoms in total. The van der Waals surface area contributed by atoms with E-state index in [1.54, 1.807) is 12.1 Å². The number of ether oxygens (including phenoxy) is 1. The molecule has 1 unspecified atom stereocenters. The number of benzene rings is 1. The van der Waals surface area contributed by atoms with Gasteiger partial charge >= 0.3 is 0 Å². The molecule has 1 heterocycles. The van der Waals surface area contributed by atoms with Gasteiger partial charge in [-0.05, 0) is 0 Å². The van der Waals surface area contributed by atoms with E-state index < -0.39 is 10.7 Å². The van der Waals surface area contributed by atoms with Crippen LogP contribution in [-0.2, 0) is 30.0 Å². The lowest BCUT2D eigenvalue weighted by Crippen LogP contribution is -2.51. The van der Waals surface area contributed by atoms with Gasteiger partial charge in [0.1, 0.15) is 12.4 Å². The Morgan fingerprint density at radius 2 is 2.09 bits per heavy atom. The molecular weight excluding hydrogens is 297 g/mol. The fourth-order valence-electron chi connectivity index (χ4n) is 2.39. The zero-order valence-corrected chi connectivity index (χ0v) is 13.3. The molecule has 0 aliphatic rings. The second kappa shape index (κ2) is 7.08. The van der Waals surface area contributed by atoms with Crippen LogP contribution in [0.3, 0.4) is 0 Å². The van der Waals surface area contributed by atoms with E-state index in [-0.39, 0.29) is 11.7 Å². The van der Waals surface area contributed by atoms with E-state index in [0.29, 0.717) is 6.42 Å². The van der Waals surface area contributed by atoms with E-state index in [2.05, 4.69) is 0 Å². The zero-order valence-electron chi connectivity index (χ0n) is 13.3. The summed E-state index contributed by atoms with van der Waals surface area (Å²) in [7, 11) is 6.98. The minimum absolute atomic E-state index is 0.0289. The summed E-state index contributed by atoms with van der Waals surface area (Å²) in [4.78, 5) is 22.3. The van der Waals surface area contributed by atoms with Crippen LogP contribution in [0.25, 0.3) is 0 Å². The van der Waals surface area contributed by atoms with Gasteiger partial charge in [-0.2, -0.15) is 7.28 Å². The smallest absolute Gasteiger partial charge is 0.269 e. The van der Waals surface area contributed by atoms with E-state index in [1.807, 2.05) is 42.9 Å². The lowest BCUT2D eigenvalue weighted by molar-refractivity contribution is -0.653. The Morgan fingerprint density at radius 3 is 2.57 bits per heavy atom. The number of aryl methyl sites for hydroxylation is 2. The predicted molar refractivity (Wildman–Crippen MR) is 84.5 cm³/mol. The number of non-ortho nitro benzene ring substituents is 1. The standard InChI is InChI=1S/C15H18BN3O4/c1-17-8-9-18(2)15(17)16-13(14(20)23-3)10-11-4-6-12(7-5-11)19(21)22/h4-9,13H,10H2,1-3H3. The van der Waals surface area contributed by atoms with Crippen LogP contribution >= 0.6 is 0 Å². The molecule has 0 aliphatic heterocycles. The number of esters is 1. The van der Waals surface area contributed by atoms with Crippen LogP contribution in [0.2, 0.25) is 5.82 Å². The van der Waals surface area contributed by atoms with Crippen LogP contribution < -0.4 is 10.3 Å². The highest BCUT2D eigenvalue weighted by Crippen LogP contribution is 2.18. The Labute approximate surface area is 134 Å². The van der Waals surface area contributed by atoms with Crippen molar-refractivity contribution in [1.82, 2.24) is 4.57 Å². The number of methoxy groups -OCH3 is 1. The minimum Gasteiger partial charge on any atom is -0.471 e. The van der Waals surface area contributed by atoms with Gasteiger partial charge in [0.25, 0.3) is 11.7 Å². The molecule has 0 aliphatic carbocycles. The number of nitro groups is 1. The minimum atomic E-state index is -0.471. The first kappa shape index (κ1) is 16.7. The zero-order chi connectivity index (χ0) is 17.0. The molecule has 1 aromatic heterocycles. The van der Waals surface area contributed by atoms with Crippen molar-refractivity contribution in [3.05, 3.63) is 52.3 Å². The number of rotatable bonds is 6. The van der Waals surface area contributed by atoms with E-state index >= 15 is 0 Å². The van der Waals surface area contributed by atoms with Crippen LogP contribution in [0, 0.1) is 10.1 Å². The summed E-state index contributed by atoms with van der Waals surface area (Å²) in [5.74, 6) is -0.814. The van der Waals surface area contributed by atoms with Gasteiger partial charge in [-0.3, -0.25) is 24.0 Å². The molecule has 0 amide bonds. The molecule has 0 N–H and O–H groups in total. The van der Waals surface area contributed by atoms with E-state index in [1.165, 1.54) is 19.2 Å². The Kier molecular flexibility index (Phi) is 5.15. The second-order valence-corrected chi connectivity index (χ2v) is 5.30. The van der Waals surface area contributed by atoms with Crippen molar-refractivity contribution in [2.24, 2.45) is 14.1 Å². The summed E-state index contributed by atoms with van der Waals surface area (Å²) in [5, 5.41) is 10.7. The quantitative estimate of drug-likeness (QED) is 0.252. The average molecular weight is 315 g/mol. The van der Waals surface area contributed by atoms with Gasteiger partial charge in [0.15, 0.2) is 0 Å². The number of carbonyl (C=O) groups excluding carboxylic acids is 1. The largest absolute Gasteiger partial charge is 0.471 e. The number of imidazole rings is 1. The number of hydrogen-bond donors (Lipinski definition) is 0. The molecule has 0 fully saturated rings. The lowest BCUT2D eigenvalue weighted by atomic mass is 9.61. The summed E-state index contributed by atoms with van der Waals surface area (Å²) in [6, 6.07) is 6.19. The summed E-state index contributed by atoms with van der Waals surface area (Å²) < 4.78 is 8.70. The summed E-state index contributed by atoms with van der Waals surface area (Å²) in [5.41, 5.74) is 1.74. The predicted octanol–water partition coefficient (Wildman–Crippen LogP) is 0.291. The maximum absolute atomic E-state index is 12.1. The second-order valence-electron chi connectivity index (χ2n) is 5.30. The number of hydrogen-bond acceptors (Lipinski definition) is 4. The molecule has 2 rings (SSSR count). The highest BCUT2D eigenvalue weighted by atomic mass is 16.6. The highest BCUT2D eigenvalue weighted by Gasteiger charge is 2.15. The van der Waals surface area contributed by atoms with Crippen LogP contribution in [0.1, 0.15) is 5.56 Å². The van der Waals surface area contributed by atoms with Crippen LogP contribution in [0.5, 0.6) is 0 Å². The summed E-state index contributed by atoms with van der Waals surface area (Å²) in [6.45, 7) is 0. The fraction of sp³-hybridized carbons (Fsp3) is 0.333. The van der Waals surface area contributed by atoms with E-state index in [9.17, 15) is 14.9 Å². The average Bonchev–Trinajstić information content (AvgIpc) is 2.85. The van der Waals surface area contributed by atoms with Gasteiger partial charge < -0.3 is 4.74 Å². The molecule has 8 heteroatoms. The molecule has 2 aromatic rings. The van der Waals surface area contributed by atoms with Gasteiger partial charge in [-0.25, -0.2) is 0 Å². The number of nitrogens with zero attached hydrogens (tertiary/aromatic N) is 3. The Hall–Kier alpha value is -2.64. The molecular formula is C15H18BN3O4. The van der Waals surface area contributed by atoms with Crippen molar-refractivity contribution in [2.45, 2.75) is 12.2 Å². The highest BCUT2D eigenvalue weighted by molar-refractivity contribution is 6.56. The third-order valence-corrected chi connectivity index (χ3v) is 3.69.